The highest BCUT2D eigenvalue weighted by molar-refractivity contribution is 5.95. The van der Waals surface area contributed by atoms with Crippen molar-refractivity contribution in [1.29, 1.82) is 0 Å². The number of aromatic nitrogens is 1. The molecule has 0 saturated carbocycles. The highest BCUT2D eigenvalue weighted by Crippen LogP contribution is 2.43. The zero-order valence-corrected chi connectivity index (χ0v) is 19.6. The molecule has 1 aliphatic rings. The SMILES string of the molecule is CCN1c2cc(C)c(/C=N/NC(=O)c3cccc(-n4cccc4)c3)cc2C(C)CC1(C)C. The number of nitrogens with zero attached hydrogens (tertiary/aromatic N) is 3. The van der Waals surface area contributed by atoms with E-state index >= 15 is 0 Å². The summed E-state index contributed by atoms with van der Waals surface area (Å²) in [5, 5.41) is 4.27. The molecule has 5 nitrogen and oxygen atoms in total. The molecule has 166 valence electrons. The zero-order chi connectivity index (χ0) is 22.9. The van der Waals surface area contributed by atoms with Crippen molar-refractivity contribution in [2.75, 3.05) is 11.4 Å². The Morgan fingerprint density at radius 3 is 2.66 bits per heavy atom. The van der Waals surface area contributed by atoms with Crippen LogP contribution in [-0.2, 0) is 0 Å². The number of carbonyl (C=O) groups is 1. The van der Waals surface area contributed by atoms with Crippen LogP contribution in [0.2, 0.25) is 0 Å². The Balaban J connectivity index is 1.53. The largest absolute Gasteiger partial charge is 0.366 e. The topological polar surface area (TPSA) is 49.6 Å². The minimum Gasteiger partial charge on any atom is -0.366 e. The predicted octanol–water partition coefficient (Wildman–Crippen LogP) is 5.66. The number of amides is 1. The van der Waals surface area contributed by atoms with Gasteiger partial charge in [0.1, 0.15) is 0 Å². The maximum absolute atomic E-state index is 12.6. The van der Waals surface area contributed by atoms with E-state index in [1.165, 1.54) is 11.3 Å². The lowest BCUT2D eigenvalue weighted by atomic mass is 9.79. The van der Waals surface area contributed by atoms with E-state index in [4.69, 9.17) is 0 Å². The van der Waals surface area contributed by atoms with Crippen LogP contribution in [0, 0.1) is 6.92 Å². The van der Waals surface area contributed by atoms with Gasteiger partial charge in [0.25, 0.3) is 5.91 Å². The smallest absolute Gasteiger partial charge is 0.271 e. The maximum atomic E-state index is 12.6. The number of fused-ring (bicyclic) bond motifs is 1. The van der Waals surface area contributed by atoms with Crippen molar-refractivity contribution in [3.8, 4) is 5.69 Å². The first-order valence-corrected chi connectivity index (χ1v) is 11.3. The fourth-order valence-corrected chi connectivity index (χ4v) is 4.93. The highest BCUT2D eigenvalue weighted by Gasteiger charge is 2.35. The summed E-state index contributed by atoms with van der Waals surface area (Å²) in [6, 6.07) is 15.9. The molecule has 0 fully saturated rings. The number of hydrazone groups is 1. The lowest BCUT2D eigenvalue weighted by molar-refractivity contribution is 0.0955. The Labute approximate surface area is 190 Å². The molecule has 0 spiro atoms. The molecule has 1 aliphatic heterocycles. The predicted molar refractivity (Wildman–Crippen MR) is 132 cm³/mol. The van der Waals surface area contributed by atoms with Gasteiger partial charge in [0.15, 0.2) is 0 Å². The molecular formula is C27H32N4O. The van der Waals surface area contributed by atoms with Gasteiger partial charge >= 0.3 is 0 Å². The molecular weight excluding hydrogens is 396 g/mol. The van der Waals surface area contributed by atoms with Crippen LogP contribution in [0.15, 0.2) is 66.0 Å². The van der Waals surface area contributed by atoms with E-state index in [1.807, 2.05) is 47.3 Å². The van der Waals surface area contributed by atoms with E-state index in [9.17, 15) is 4.79 Å². The highest BCUT2D eigenvalue weighted by atomic mass is 16.2. The molecule has 0 aliphatic carbocycles. The molecule has 5 heteroatoms. The molecule has 3 aromatic rings. The van der Waals surface area contributed by atoms with Crippen molar-refractivity contribution in [3.05, 3.63) is 83.2 Å². The number of nitrogens with one attached hydrogen (secondary N) is 1. The van der Waals surface area contributed by atoms with Crippen molar-refractivity contribution in [2.45, 2.75) is 52.5 Å². The van der Waals surface area contributed by atoms with E-state index in [0.29, 0.717) is 11.5 Å². The molecule has 32 heavy (non-hydrogen) atoms. The molecule has 0 radical (unpaired) electrons. The minimum atomic E-state index is -0.224. The third kappa shape index (κ3) is 4.20. The Kier molecular flexibility index (Phi) is 5.92. The third-order valence-corrected chi connectivity index (χ3v) is 6.47. The van der Waals surface area contributed by atoms with Crippen molar-refractivity contribution >= 4 is 17.8 Å². The fraction of sp³-hybridized carbons (Fsp3) is 0.333. The molecule has 4 rings (SSSR count). The van der Waals surface area contributed by atoms with Crippen LogP contribution in [0.1, 0.15) is 67.1 Å². The lowest BCUT2D eigenvalue weighted by Gasteiger charge is -2.47. The Hall–Kier alpha value is -3.34. The van der Waals surface area contributed by atoms with E-state index < -0.39 is 0 Å². The molecule has 0 bridgehead atoms. The molecule has 0 saturated heterocycles. The van der Waals surface area contributed by atoms with Crippen LogP contribution in [0.5, 0.6) is 0 Å². The summed E-state index contributed by atoms with van der Waals surface area (Å²) < 4.78 is 1.97. The van der Waals surface area contributed by atoms with E-state index in [-0.39, 0.29) is 11.4 Å². The van der Waals surface area contributed by atoms with Gasteiger partial charge in [-0.2, -0.15) is 5.10 Å². The van der Waals surface area contributed by atoms with Gasteiger partial charge in [-0.3, -0.25) is 4.79 Å². The second-order valence-corrected chi connectivity index (χ2v) is 9.27. The number of hydrogen-bond acceptors (Lipinski definition) is 3. The standard InChI is InChI=1S/C27H32N4O/c1-6-31-25-14-19(2)22(16-24(25)20(3)17-27(31,4)5)18-28-29-26(32)21-10-9-11-23(15-21)30-12-7-8-13-30/h7-16,18,20H,6,17H2,1-5H3,(H,29,32)/b28-18+. The summed E-state index contributed by atoms with van der Waals surface area (Å²) in [6.07, 6.45) is 6.78. The van der Waals surface area contributed by atoms with E-state index in [1.54, 1.807) is 12.3 Å². The number of rotatable bonds is 5. The fourth-order valence-electron chi connectivity index (χ4n) is 4.93. The van der Waals surface area contributed by atoms with Gasteiger partial charge < -0.3 is 9.47 Å². The Morgan fingerprint density at radius 1 is 1.19 bits per heavy atom. The molecule has 1 aromatic heterocycles. The third-order valence-electron chi connectivity index (χ3n) is 6.47. The van der Waals surface area contributed by atoms with Crippen LogP contribution in [0.4, 0.5) is 5.69 Å². The first kappa shape index (κ1) is 21.9. The molecule has 1 amide bonds. The van der Waals surface area contributed by atoms with Crippen LogP contribution in [0.25, 0.3) is 5.69 Å². The monoisotopic (exact) mass is 428 g/mol. The van der Waals surface area contributed by atoms with Crippen molar-refractivity contribution in [1.82, 2.24) is 9.99 Å². The van der Waals surface area contributed by atoms with Crippen molar-refractivity contribution < 1.29 is 4.79 Å². The Bertz CT molecular complexity index is 1140. The van der Waals surface area contributed by atoms with Gasteiger partial charge in [-0.1, -0.05) is 13.0 Å². The van der Waals surface area contributed by atoms with Crippen LogP contribution >= 0.6 is 0 Å². The van der Waals surface area contributed by atoms with Gasteiger partial charge in [0.2, 0.25) is 0 Å². The second-order valence-electron chi connectivity index (χ2n) is 9.27. The summed E-state index contributed by atoms with van der Waals surface area (Å²) in [6.45, 7) is 12.2. The van der Waals surface area contributed by atoms with Crippen molar-refractivity contribution in [3.63, 3.8) is 0 Å². The second kappa shape index (κ2) is 8.65. The first-order valence-electron chi connectivity index (χ1n) is 11.3. The average molecular weight is 429 g/mol. The number of hydrogen-bond donors (Lipinski definition) is 1. The number of aryl methyl sites for hydroxylation is 1. The van der Waals surface area contributed by atoms with Gasteiger partial charge in [0, 0.05) is 41.4 Å². The van der Waals surface area contributed by atoms with Crippen LogP contribution in [-0.4, -0.2) is 28.8 Å². The molecule has 1 N–H and O–H groups in total. The Morgan fingerprint density at radius 2 is 1.94 bits per heavy atom. The zero-order valence-electron chi connectivity index (χ0n) is 19.6. The quantitative estimate of drug-likeness (QED) is 0.421. The molecule has 1 atom stereocenters. The number of carbonyl (C=O) groups excluding carboxylic acids is 1. The molecule has 2 heterocycles. The number of anilines is 1. The minimum absolute atomic E-state index is 0.145. The molecule has 2 aromatic carbocycles. The van der Waals surface area contributed by atoms with E-state index in [2.05, 4.69) is 62.2 Å². The summed E-state index contributed by atoms with van der Waals surface area (Å²) >= 11 is 0. The first-order chi connectivity index (χ1) is 15.3. The van der Waals surface area contributed by atoms with Crippen LogP contribution in [0.3, 0.4) is 0 Å². The summed E-state index contributed by atoms with van der Waals surface area (Å²) in [5.74, 6) is 0.250. The lowest BCUT2D eigenvalue weighted by Crippen LogP contribution is -2.48. The summed E-state index contributed by atoms with van der Waals surface area (Å²) in [4.78, 5) is 15.1. The van der Waals surface area contributed by atoms with Gasteiger partial charge in [-0.15, -0.1) is 0 Å². The van der Waals surface area contributed by atoms with Gasteiger partial charge in [-0.05, 0) is 99.2 Å². The normalized spacial score (nSPS) is 17.4. The van der Waals surface area contributed by atoms with Crippen LogP contribution < -0.4 is 10.3 Å². The van der Waals surface area contributed by atoms with Crippen molar-refractivity contribution in [2.24, 2.45) is 5.10 Å². The maximum Gasteiger partial charge on any atom is 0.271 e. The van der Waals surface area contributed by atoms with E-state index in [0.717, 1.165) is 29.8 Å². The summed E-state index contributed by atoms with van der Waals surface area (Å²) in [7, 11) is 0. The number of benzene rings is 2. The molecule has 1 unspecified atom stereocenters. The van der Waals surface area contributed by atoms with Gasteiger partial charge in [0.05, 0.1) is 6.21 Å². The average Bonchev–Trinajstić information content (AvgIpc) is 3.29. The van der Waals surface area contributed by atoms with Gasteiger partial charge in [-0.25, -0.2) is 5.43 Å². The summed E-state index contributed by atoms with van der Waals surface area (Å²) in [5.41, 5.74) is 9.20.